The monoisotopic (exact) mass is 324 g/mol. The number of nitrogens with one attached hydrogen (secondary N) is 1. The molecule has 23 heavy (non-hydrogen) atoms. The number of hydrogen-bond donors (Lipinski definition) is 1. The molecule has 0 radical (unpaired) electrons. The van der Waals surface area contributed by atoms with E-state index in [9.17, 15) is 4.79 Å². The lowest BCUT2D eigenvalue weighted by atomic mass is 10.1. The number of benzene rings is 2. The van der Waals surface area contributed by atoms with Gasteiger partial charge in [-0.05, 0) is 42.9 Å². The first-order valence-corrected chi connectivity index (χ1v) is 7.58. The van der Waals surface area contributed by atoms with Gasteiger partial charge in [-0.3, -0.25) is 4.79 Å². The zero-order chi connectivity index (χ0) is 16.4. The Hall–Kier alpha value is -2.66. The first kappa shape index (κ1) is 15.2. The molecule has 0 aliphatic carbocycles. The quantitative estimate of drug-likeness (QED) is 0.695. The van der Waals surface area contributed by atoms with Gasteiger partial charge in [0, 0.05) is 0 Å². The van der Waals surface area contributed by atoms with Crippen LogP contribution in [0.2, 0.25) is 0 Å². The Balaban J connectivity index is 1.95. The van der Waals surface area contributed by atoms with E-state index in [-0.39, 0.29) is 5.91 Å². The van der Waals surface area contributed by atoms with Gasteiger partial charge in [-0.1, -0.05) is 42.0 Å². The van der Waals surface area contributed by atoms with Gasteiger partial charge in [0.05, 0.1) is 12.8 Å². The number of amides is 1. The Morgan fingerprint density at radius 3 is 2.52 bits per heavy atom. The van der Waals surface area contributed by atoms with Gasteiger partial charge < -0.3 is 10.1 Å². The van der Waals surface area contributed by atoms with Crippen molar-refractivity contribution < 1.29 is 9.53 Å². The van der Waals surface area contributed by atoms with E-state index in [4.69, 9.17) is 17.0 Å². The number of ether oxygens (including phenoxy) is 1. The maximum absolute atomic E-state index is 12.7. The number of thiocarbonyl (C=S) groups is 1. The molecule has 0 spiro atoms. The molecule has 0 aromatic heterocycles. The molecule has 2 aromatic carbocycles. The van der Waals surface area contributed by atoms with Crippen LogP contribution in [0.1, 0.15) is 11.1 Å². The fourth-order valence-electron chi connectivity index (χ4n) is 2.40. The molecule has 3 rings (SSSR count). The van der Waals surface area contributed by atoms with Gasteiger partial charge in [0.2, 0.25) is 0 Å². The fraction of sp³-hybridized carbons (Fsp3) is 0.111. The largest absolute Gasteiger partial charge is 0.495 e. The van der Waals surface area contributed by atoms with Crippen molar-refractivity contribution in [1.82, 2.24) is 5.32 Å². The van der Waals surface area contributed by atoms with Crippen LogP contribution in [0.4, 0.5) is 5.69 Å². The molecular weight excluding hydrogens is 308 g/mol. The number of nitrogens with zero attached hydrogens (tertiary/aromatic N) is 1. The maximum Gasteiger partial charge on any atom is 0.281 e. The standard InChI is InChI=1S/C18H16N2O2S/c1-12-7-9-13(10-8-12)11-14-17(21)20(18(23)19-14)15-5-3-4-6-16(15)22-2/h3-11H,1-2H3,(H,19,23)/b14-11-. The van der Waals surface area contributed by atoms with E-state index in [2.05, 4.69) is 5.32 Å². The lowest BCUT2D eigenvalue weighted by molar-refractivity contribution is -0.113. The number of hydrogen-bond acceptors (Lipinski definition) is 3. The second-order valence-corrected chi connectivity index (χ2v) is 5.60. The van der Waals surface area contributed by atoms with E-state index >= 15 is 0 Å². The first-order chi connectivity index (χ1) is 11.1. The van der Waals surface area contributed by atoms with Crippen LogP contribution in [-0.2, 0) is 4.79 Å². The number of para-hydroxylation sites is 2. The molecule has 0 unspecified atom stereocenters. The molecule has 1 heterocycles. The van der Waals surface area contributed by atoms with Crippen LogP contribution in [-0.4, -0.2) is 18.1 Å². The molecule has 1 saturated heterocycles. The molecule has 1 amide bonds. The molecule has 116 valence electrons. The Kier molecular flexibility index (Phi) is 4.12. The normalized spacial score (nSPS) is 15.9. The summed E-state index contributed by atoms with van der Waals surface area (Å²) in [6.45, 7) is 2.02. The third-order valence-corrected chi connectivity index (χ3v) is 3.88. The summed E-state index contributed by atoms with van der Waals surface area (Å²) in [7, 11) is 1.57. The number of anilines is 1. The van der Waals surface area contributed by atoms with Crippen molar-refractivity contribution in [3.63, 3.8) is 0 Å². The molecule has 5 heteroatoms. The SMILES string of the molecule is COc1ccccc1N1C(=O)/C(=C/c2ccc(C)cc2)NC1=S. The van der Waals surface area contributed by atoms with Gasteiger partial charge in [-0.25, -0.2) is 4.90 Å². The minimum atomic E-state index is -0.194. The highest BCUT2D eigenvalue weighted by atomic mass is 32.1. The van der Waals surface area contributed by atoms with Crippen molar-refractivity contribution in [2.45, 2.75) is 6.92 Å². The van der Waals surface area contributed by atoms with Gasteiger partial charge in [-0.2, -0.15) is 0 Å². The van der Waals surface area contributed by atoms with E-state index in [0.29, 0.717) is 22.2 Å². The highest BCUT2D eigenvalue weighted by molar-refractivity contribution is 7.80. The summed E-state index contributed by atoms with van der Waals surface area (Å²) >= 11 is 5.32. The molecule has 1 aliphatic rings. The number of aryl methyl sites for hydroxylation is 1. The molecule has 4 nitrogen and oxygen atoms in total. The molecule has 2 aromatic rings. The van der Waals surface area contributed by atoms with Crippen LogP contribution < -0.4 is 15.0 Å². The van der Waals surface area contributed by atoms with E-state index in [1.807, 2.05) is 43.3 Å². The van der Waals surface area contributed by atoms with Crippen LogP contribution in [0.3, 0.4) is 0 Å². The number of methoxy groups -OCH3 is 1. The summed E-state index contributed by atoms with van der Waals surface area (Å²) in [5.74, 6) is 0.404. The van der Waals surface area contributed by atoms with Crippen LogP contribution in [0.5, 0.6) is 5.75 Å². The summed E-state index contributed by atoms with van der Waals surface area (Å²) in [5, 5.41) is 3.33. The van der Waals surface area contributed by atoms with Crippen molar-refractivity contribution >= 4 is 35.0 Å². The Morgan fingerprint density at radius 1 is 1.13 bits per heavy atom. The zero-order valence-corrected chi connectivity index (χ0v) is 13.7. The molecule has 0 bridgehead atoms. The summed E-state index contributed by atoms with van der Waals surface area (Å²) in [4.78, 5) is 14.2. The molecule has 1 aliphatic heterocycles. The highest BCUT2D eigenvalue weighted by Crippen LogP contribution is 2.31. The smallest absolute Gasteiger partial charge is 0.281 e. The molecule has 0 atom stereocenters. The van der Waals surface area contributed by atoms with Crippen molar-refractivity contribution in [3.8, 4) is 5.75 Å². The van der Waals surface area contributed by atoms with Gasteiger partial charge in [-0.15, -0.1) is 0 Å². The van der Waals surface area contributed by atoms with Gasteiger partial charge in [0.25, 0.3) is 5.91 Å². The average Bonchev–Trinajstić information content (AvgIpc) is 2.83. The van der Waals surface area contributed by atoms with E-state index < -0.39 is 0 Å². The second kappa shape index (κ2) is 6.22. The molecule has 1 N–H and O–H groups in total. The summed E-state index contributed by atoms with van der Waals surface area (Å²) < 4.78 is 5.32. The third kappa shape index (κ3) is 2.96. The average molecular weight is 324 g/mol. The summed E-state index contributed by atoms with van der Waals surface area (Å²) in [6.07, 6.45) is 1.80. The second-order valence-electron chi connectivity index (χ2n) is 5.21. The predicted molar refractivity (Wildman–Crippen MR) is 95.4 cm³/mol. The van der Waals surface area contributed by atoms with Crippen LogP contribution >= 0.6 is 12.2 Å². The van der Waals surface area contributed by atoms with E-state index in [1.54, 1.807) is 25.3 Å². The summed E-state index contributed by atoms with van der Waals surface area (Å²) in [6, 6.07) is 15.2. The third-order valence-electron chi connectivity index (χ3n) is 3.59. The van der Waals surface area contributed by atoms with E-state index in [1.165, 1.54) is 10.5 Å². The van der Waals surface area contributed by atoms with Crippen LogP contribution in [0.15, 0.2) is 54.2 Å². The zero-order valence-electron chi connectivity index (χ0n) is 12.9. The molecular formula is C18H16N2O2S. The van der Waals surface area contributed by atoms with Gasteiger partial charge in [0.15, 0.2) is 5.11 Å². The van der Waals surface area contributed by atoms with Gasteiger partial charge in [0.1, 0.15) is 11.4 Å². The van der Waals surface area contributed by atoms with Crippen LogP contribution in [0.25, 0.3) is 6.08 Å². The van der Waals surface area contributed by atoms with Crippen molar-refractivity contribution in [1.29, 1.82) is 0 Å². The van der Waals surface area contributed by atoms with Crippen molar-refractivity contribution in [3.05, 3.63) is 65.4 Å². The fourth-order valence-corrected chi connectivity index (χ4v) is 2.69. The van der Waals surface area contributed by atoms with E-state index in [0.717, 1.165) is 5.56 Å². The molecule has 1 fully saturated rings. The maximum atomic E-state index is 12.7. The lowest BCUT2D eigenvalue weighted by Gasteiger charge is -2.17. The minimum absolute atomic E-state index is 0.194. The Morgan fingerprint density at radius 2 is 1.83 bits per heavy atom. The number of carbonyl (C=O) groups excluding carboxylic acids is 1. The topological polar surface area (TPSA) is 41.6 Å². The van der Waals surface area contributed by atoms with Crippen molar-refractivity contribution in [2.75, 3.05) is 12.0 Å². The number of carbonyl (C=O) groups is 1. The Labute approximate surface area is 140 Å². The Bertz CT molecular complexity index is 797. The first-order valence-electron chi connectivity index (χ1n) is 7.17. The highest BCUT2D eigenvalue weighted by Gasteiger charge is 2.33. The molecule has 0 saturated carbocycles. The number of rotatable bonds is 3. The van der Waals surface area contributed by atoms with Crippen LogP contribution in [0, 0.1) is 6.92 Å². The predicted octanol–water partition coefficient (Wildman–Crippen LogP) is 3.27. The van der Waals surface area contributed by atoms with Crippen molar-refractivity contribution in [2.24, 2.45) is 0 Å². The van der Waals surface area contributed by atoms with Gasteiger partial charge >= 0.3 is 0 Å². The summed E-state index contributed by atoms with van der Waals surface area (Å²) in [5.41, 5.74) is 3.19. The minimum Gasteiger partial charge on any atom is -0.495 e. The lowest BCUT2D eigenvalue weighted by Crippen LogP contribution is -2.30.